The first-order valence-corrected chi connectivity index (χ1v) is 6.22. The summed E-state index contributed by atoms with van der Waals surface area (Å²) in [4.78, 5) is 24.6. The van der Waals surface area contributed by atoms with Crippen molar-refractivity contribution >= 4 is 11.9 Å². The summed E-state index contributed by atoms with van der Waals surface area (Å²) in [7, 11) is 0. The monoisotopic (exact) mass is 245 g/mol. The van der Waals surface area contributed by atoms with Crippen molar-refractivity contribution in [2.75, 3.05) is 13.1 Å². The number of piperidine rings is 3. The van der Waals surface area contributed by atoms with Gasteiger partial charge in [0.25, 0.3) is 0 Å². The molecule has 0 aliphatic carbocycles. The van der Waals surface area contributed by atoms with Gasteiger partial charge in [0.1, 0.15) is 0 Å². The molecule has 3 fully saturated rings. The van der Waals surface area contributed by atoms with Gasteiger partial charge in [-0.1, -0.05) is 12.1 Å². The van der Waals surface area contributed by atoms with Gasteiger partial charge in [-0.3, -0.25) is 4.79 Å². The zero-order valence-corrected chi connectivity index (χ0v) is 10.1. The molecule has 1 aromatic carbocycles. The molecule has 2 bridgehead atoms. The predicted octanol–water partition coefficient (Wildman–Crippen LogP) is 1.65. The molecule has 3 aliphatic heterocycles. The Morgan fingerprint density at radius 3 is 2.28 bits per heavy atom. The molecule has 18 heavy (non-hydrogen) atoms. The van der Waals surface area contributed by atoms with Crippen molar-refractivity contribution in [2.45, 2.75) is 24.7 Å². The van der Waals surface area contributed by atoms with E-state index in [4.69, 9.17) is 5.11 Å². The fraction of sp³-hybridized carbons (Fsp3) is 0.429. The van der Waals surface area contributed by atoms with Crippen LogP contribution in [0.5, 0.6) is 0 Å². The number of carbonyl (C=O) groups excluding carboxylic acids is 1. The minimum atomic E-state index is -0.909. The normalized spacial score (nSPS) is 21.1. The van der Waals surface area contributed by atoms with Crippen molar-refractivity contribution in [3.8, 4) is 0 Å². The third-order valence-electron chi connectivity index (χ3n) is 4.31. The van der Waals surface area contributed by atoms with Crippen LogP contribution in [-0.2, 0) is 10.2 Å². The molecule has 1 aromatic rings. The molecule has 0 atom stereocenters. The van der Waals surface area contributed by atoms with Gasteiger partial charge in [-0.2, -0.15) is 0 Å². The molecule has 0 unspecified atom stereocenters. The quantitative estimate of drug-likeness (QED) is 0.861. The molecule has 0 aromatic heterocycles. The van der Waals surface area contributed by atoms with Crippen LogP contribution in [-0.4, -0.2) is 35.0 Å². The number of carboxylic acids is 1. The minimum Gasteiger partial charge on any atom is -0.478 e. The number of hydrogen-bond acceptors (Lipinski definition) is 2. The van der Waals surface area contributed by atoms with E-state index in [0.29, 0.717) is 12.0 Å². The van der Waals surface area contributed by atoms with E-state index in [2.05, 4.69) is 0 Å². The lowest BCUT2D eigenvalue weighted by Gasteiger charge is -2.48. The van der Waals surface area contributed by atoms with E-state index in [1.807, 2.05) is 17.0 Å². The zero-order chi connectivity index (χ0) is 12.8. The highest BCUT2D eigenvalue weighted by Gasteiger charge is 2.44. The second-order valence-electron chi connectivity index (χ2n) is 5.22. The molecule has 4 heteroatoms. The van der Waals surface area contributed by atoms with E-state index in [9.17, 15) is 9.59 Å². The summed E-state index contributed by atoms with van der Waals surface area (Å²) in [5, 5.41) is 8.90. The van der Waals surface area contributed by atoms with Gasteiger partial charge in [0.05, 0.1) is 5.56 Å². The number of hydrogen-bond donors (Lipinski definition) is 1. The molecule has 3 aliphatic rings. The zero-order valence-electron chi connectivity index (χ0n) is 10.1. The maximum absolute atomic E-state index is 11.8. The van der Waals surface area contributed by atoms with Crippen LogP contribution in [0.4, 0.5) is 0 Å². The van der Waals surface area contributed by atoms with Crippen molar-refractivity contribution in [1.29, 1.82) is 0 Å². The molecule has 4 nitrogen and oxygen atoms in total. The van der Waals surface area contributed by atoms with Crippen LogP contribution in [0.3, 0.4) is 0 Å². The van der Waals surface area contributed by atoms with E-state index in [1.165, 1.54) is 0 Å². The van der Waals surface area contributed by atoms with Crippen molar-refractivity contribution in [3.05, 3.63) is 35.4 Å². The minimum absolute atomic E-state index is 0.0527. The van der Waals surface area contributed by atoms with Crippen LogP contribution in [0, 0.1) is 0 Å². The van der Waals surface area contributed by atoms with Crippen LogP contribution < -0.4 is 0 Å². The van der Waals surface area contributed by atoms with Gasteiger partial charge < -0.3 is 10.0 Å². The number of carbonyl (C=O) groups is 2. The Kier molecular flexibility index (Phi) is 2.40. The molecule has 4 rings (SSSR count). The first-order chi connectivity index (χ1) is 8.61. The number of aromatic carboxylic acids is 1. The molecule has 94 valence electrons. The SMILES string of the molecule is O=C(O)c1ccc(C23CCN(CC2)C(=O)C3)cc1. The lowest BCUT2D eigenvalue weighted by molar-refractivity contribution is -0.140. The maximum Gasteiger partial charge on any atom is 0.335 e. The average molecular weight is 245 g/mol. The van der Waals surface area contributed by atoms with Gasteiger partial charge in [0.15, 0.2) is 0 Å². The van der Waals surface area contributed by atoms with E-state index >= 15 is 0 Å². The first-order valence-electron chi connectivity index (χ1n) is 6.22. The second-order valence-corrected chi connectivity index (χ2v) is 5.22. The standard InChI is InChI=1S/C14H15NO3/c16-12-9-14(5-7-15(12)8-6-14)11-3-1-10(2-4-11)13(17)18/h1-4H,5-9H2,(H,17,18). The Hall–Kier alpha value is -1.84. The Balaban J connectivity index is 1.93. The highest BCUT2D eigenvalue weighted by Crippen LogP contribution is 2.43. The summed E-state index contributed by atoms with van der Waals surface area (Å²) in [6.07, 6.45) is 2.55. The van der Waals surface area contributed by atoms with Crippen molar-refractivity contribution in [1.82, 2.24) is 4.90 Å². The third-order valence-corrected chi connectivity index (χ3v) is 4.31. The smallest absolute Gasteiger partial charge is 0.335 e. The molecule has 0 radical (unpaired) electrons. The van der Waals surface area contributed by atoms with Crippen molar-refractivity contribution in [3.63, 3.8) is 0 Å². The van der Waals surface area contributed by atoms with Crippen LogP contribution in [0.2, 0.25) is 0 Å². The van der Waals surface area contributed by atoms with Crippen LogP contribution in [0.25, 0.3) is 0 Å². The fourth-order valence-corrected chi connectivity index (χ4v) is 3.12. The molecular formula is C14H15NO3. The topological polar surface area (TPSA) is 57.6 Å². The third kappa shape index (κ3) is 1.60. The molecule has 1 N–H and O–H groups in total. The Bertz CT molecular complexity index is 498. The molecule has 0 saturated carbocycles. The van der Waals surface area contributed by atoms with Gasteiger partial charge in [0.2, 0.25) is 5.91 Å². The van der Waals surface area contributed by atoms with Crippen LogP contribution in [0.1, 0.15) is 35.2 Å². The maximum atomic E-state index is 11.8. The molecular weight excluding hydrogens is 230 g/mol. The summed E-state index contributed by atoms with van der Waals surface area (Å²) in [5.41, 5.74) is 1.36. The lowest BCUT2D eigenvalue weighted by Crippen LogP contribution is -2.53. The van der Waals surface area contributed by atoms with Crippen molar-refractivity contribution < 1.29 is 14.7 Å². The Morgan fingerprint density at radius 2 is 1.78 bits per heavy atom. The number of fused-ring (bicyclic) bond motifs is 3. The molecule has 1 amide bonds. The fourth-order valence-electron chi connectivity index (χ4n) is 3.12. The average Bonchev–Trinajstić information content (AvgIpc) is 2.40. The summed E-state index contributed by atoms with van der Waals surface area (Å²) >= 11 is 0. The number of rotatable bonds is 2. The van der Waals surface area contributed by atoms with E-state index in [1.54, 1.807) is 12.1 Å². The molecule has 3 saturated heterocycles. The summed E-state index contributed by atoms with van der Waals surface area (Å²) in [6.45, 7) is 1.67. The predicted molar refractivity (Wildman–Crippen MR) is 65.5 cm³/mol. The number of benzene rings is 1. The number of amides is 1. The van der Waals surface area contributed by atoms with Crippen LogP contribution >= 0.6 is 0 Å². The van der Waals surface area contributed by atoms with E-state index < -0.39 is 5.97 Å². The second kappa shape index (κ2) is 3.83. The largest absolute Gasteiger partial charge is 0.478 e. The van der Waals surface area contributed by atoms with Crippen LogP contribution in [0.15, 0.2) is 24.3 Å². The summed E-state index contributed by atoms with van der Waals surface area (Å²) < 4.78 is 0. The van der Waals surface area contributed by atoms with Crippen molar-refractivity contribution in [2.24, 2.45) is 0 Å². The Labute approximate surface area is 105 Å². The van der Waals surface area contributed by atoms with E-state index in [0.717, 1.165) is 31.5 Å². The van der Waals surface area contributed by atoms with Gasteiger partial charge in [-0.05, 0) is 30.5 Å². The lowest BCUT2D eigenvalue weighted by atomic mass is 9.67. The van der Waals surface area contributed by atoms with E-state index in [-0.39, 0.29) is 11.3 Å². The van der Waals surface area contributed by atoms with Gasteiger partial charge >= 0.3 is 5.97 Å². The molecule has 0 spiro atoms. The van der Waals surface area contributed by atoms with Gasteiger partial charge in [-0.15, -0.1) is 0 Å². The van der Waals surface area contributed by atoms with Gasteiger partial charge in [0, 0.05) is 24.9 Å². The molecule has 3 heterocycles. The summed E-state index contributed by atoms with van der Waals surface area (Å²) in [5.74, 6) is -0.677. The first kappa shape index (κ1) is 11.3. The van der Waals surface area contributed by atoms with Gasteiger partial charge in [-0.25, -0.2) is 4.79 Å². The highest BCUT2D eigenvalue weighted by molar-refractivity contribution is 5.87. The number of nitrogens with zero attached hydrogens (tertiary/aromatic N) is 1. The highest BCUT2D eigenvalue weighted by atomic mass is 16.4. The Morgan fingerprint density at radius 1 is 1.17 bits per heavy atom. The number of carboxylic acid groups (broad SMARTS) is 1. The summed E-state index contributed by atoms with van der Waals surface area (Å²) in [6, 6.07) is 7.02.